The number of aliphatic imine (C=N–C) groups is 1. The lowest BCUT2D eigenvalue weighted by molar-refractivity contribution is -0.140. The number of nitrogens with one attached hydrogen (secondary N) is 1. The summed E-state index contributed by atoms with van der Waals surface area (Å²) in [6, 6.07) is 0. The van der Waals surface area contributed by atoms with Crippen LogP contribution in [0.2, 0.25) is 0 Å². The number of thiazole rings is 1. The number of hydrogen-bond acceptors (Lipinski definition) is 3. The quantitative estimate of drug-likeness (QED) is 0.335. The van der Waals surface area contributed by atoms with Crippen molar-refractivity contribution in [1.29, 1.82) is 0 Å². The third kappa shape index (κ3) is 7.02. The van der Waals surface area contributed by atoms with Gasteiger partial charge in [0, 0.05) is 26.0 Å². The topological polar surface area (TPSA) is 40.5 Å². The van der Waals surface area contributed by atoms with Crippen molar-refractivity contribution >= 4 is 17.3 Å². The largest absolute Gasteiger partial charge is 0.434 e. The van der Waals surface area contributed by atoms with E-state index in [1.54, 1.807) is 7.05 Å². The monoisotopic (exact) mass is 348 g/mol. The second-order valence-electron chi connectivity index (χ2n) is 5.08. The Bertz CT molecular complexity index is 511. The van der Waals surface area contributed by atoms with Crippen molar-refractivity contribution in [2.45, 2.75) is 38.4 Å². The number of alkyl halides is 3. The first-order chi connectivity index (χ1) is 10.9. The third-order valence-electron chi connectivity index (χ3n) is 3.22. The zero-order valence-electron chi connectivity index (χ0n) is 13.5. The van der Waals surface area contributed by atoms with E-state index in [0.29, 0.717) is 11.0 Å². The summed E-state index contributed by atoms with van der Waals surface area (Å²) >= 11 is 0.991. The fraction of sp³-hybridized carbons (Fsp3) is 0.600. The number of halogens is 3. The van der Waals surface area contributed by atoms with Gasteiger partial charge in [-0.25, -0.2) is 4.98 Å². The Morgan fingerprint density at radius 2 is 2.17 bits per heavy atom. The Labute approximate surface area is 139 Å². The van der Waals surface area contributed by atoms with Crippen molar-refractivity contribution in [2.75, 3.05) is 20.6 Å². The van der Waals surface area contributed by atoms with Gasteiger partial charge in [-0.3, -0.25) is 4.99 Å². The molecule has 1 heterocycles. The van der Waals surface area contributed by atoms with Crippen molar-refractivity contribution in [3.05, 3.63) is 28.7 Å². The van der Waals surface area contributed by atoms with E-state index in [-0.39, 0.29) is 6.54 Å². The molecule has 0 fully saturated rings. The van der Waals surface area contributed by atoms with Gasteiger partial charge in [-0.05, 0) is 19.3 Å². The molecule has 0 aliphatic heterocycles. The molecule has 0 radical (unpaired) electrons. The van der Waals surface area contributed by atoms with Crippen LogP contribution in [0.5, 0.6) is 0 Å². The second kappa shape index (κ2) is 9.54. The number of rotatable bonds is 8. The van der Waals surface area contributed by atoms with Gasteiger partial charge in [0.15, 0.2) is 11.7 Å². The van der Waals surface area contributed by atoms with E-state index < -0.39 is 11.9 Å². The maximum Gasteiger partial charge on any atom is 0.434 e. The predicted octanol–water partition coefficient (Wildman–Crippen LogP) is 3.92. The number of hydrogen-bond donors (Lipinski definition) is 1. The molecule has 0 aromatic carbocycles. The molecule has 1 aromatic rings. The molecule has 0 atom stereocenters. The molecule has 1 aromatic heterocycles. The minimum absolute atomic E-state index is 0.230. The number of unbranched alkanes of at least 4 members (excludes halogenated alkanes) is 3. The normalized spacial score (nSPS) is 12.3. The summed E-state index contributed by atoms with van der Waals surface area (Å²) in [6.07, 6.45) is 1.78. The highest BCUT2D eigenvalue weighted by molar-refractivity contribution is 7.09. The molecular formula is C15H23F3N4S. The summed E-state index contributed by atoms with van der Waals surface area (Å²) < 4.78 is 37.5. The number of aromatic nitrogens is 1. The van der Waals surface area contributed by atoms with Gasteiger partial charge in [0.25, 0.3) is 0 Å². The lowest BCUT2D eigenvalue weighted by Crippen LogP contribution is -2.39. The molecule has 0 saturated heterocycles. The number of guanidine groups is 1. The van der Waals surface area contributed by atoms with E-state index in [1.807, 2.05) is 18.0 Å². The van der Waals surface area contributed by atoms with E-state index in [2.05, 4.69) is 21.9 Å². The van der Waals surface area contributed by atoms with Gasteiger partial charge >= 0.3 is 6.18 Å². The fourth-order valence-electron chi connectivity index (χ4n) is 1.98. The Balaban J connectivity index is 2.41. The zero-order chi connectivity index (χ0) is 17.3. The summed E-state index contributed by atoms with van der Waals surface area (Å²) in [5.74, 6) is 0.650. The molecule has 0 amide bonds. The maximum absolute atomic E-state index is 12.5. The molecule has 0 aliphatic rings. The standard InChI is InChI=1S/C15H23F3N4S/c1-4-5-6-7-8-9-22(3)14(19-2)20-10-13-21-12(11-23-13)15(16,17)18/h4,11H,1,5-10H2,2-3H3,(H,19,20). The molecule has 0 spiro atoms. The lowest BCUT2D eigenvalue weighted by atomic mass is 10.2. The van der Waals surface area contributed by atoms with Crippen molar-refractivity contribution < 1.29 is 13.2 Å². The van der Waals surface area contributed by atoms with Crippen LogP contribution in [0.15, 0.2) is 23.0 Å². The molecule has 0 bridgehead atoms. The highest BCUT2D eigenvalue weighted by Gasteiger charge is 2.33. The maximum atomic E-state index is 12.5. The SMILES string of the molecule is C=CCCCCCN(C)C(=NC)NCc1nc(C(F)(F)F)cs1. The number of nitrogens with zero attached hydrogens (tertiary/aromatic N) is 3. The minimum atomic E-state index is -4.39. The van der Waals surface area contributed by atoms with Crippen LogP contribution in [0.1, 0.15) is 36.4 Å². The van der Waals surface area contributed by atoms with Crippen LogP contribution in [-0.4, -0.2) is 36.5 Å². The van der Waals surface area contributed by atoms with Gasteiger partial charge in [0.1, 0.15) is 5.01 Å². The minimum Gasteiger partial charge on any atom is -0.350 e. The van der Waals surface area contributed by atoms with E-state index in [9.17, 15) is 13.2 Å². The second-order valence-corrected chi connectivity index (χ2v) is 6.03. The van der Waals surface area contributed by atoms with Crippen LogP contribution in [0, 0.1) is 0 Å². The molecule has 0 saturated carbocycles. The average molecular weight is 348 g/mol. The predicted molar refractivity (Wildman–Crippen MR) is 88.6 cm³/mol. The van der Waals surface area contributed by atoms with Gasteiger partial charge in [-0.15, -0.1) is 17.9 Å². The first-order valence-corrected chi connectivity index (χ1v) is 8.30. The van der Waals surface area contributed by atoms with Crippen molar-refractivity contribution in [3.8, 4) is 0 Å². The first-order valence-electron chi connectivity index (χ1n) is 7.42. The highest BCUT2D eigenvalue weighted by Crippen LogP contribution is 2.29. The smallest absolute Gasteiger partial charge is 0.350 e. The third-order valence-corrected chi connectivity index (χ3v) is 4.06. The Hall–Kier alpha value is -1.57. The molecule has 0 aliphatic carbocycles. The summed E-state index contributed by atoms with van der Waals surface area (Å²) in [4.78, 5) is 9.70. The van der Waals surface area contributed by atoms with E-state index >= 15 is 0 Å². The van der Waals surface area contributed by atoms with Gasteiger partial charge in [0.2, 0.25) is 0 Å². The Kier molecular flexibility index (Phi) is 8.08. The zero-order valence-corrected chi connectivity index (χ0v) is 14.3. The van der Waals surface area contributed by atoms with Crippen LogP contribution in [-0.2, 0) is 12.7 Å². The van der Waals surface area contributed by atoms with E-state index in [0.717, 1.165) is 48.9 Å². The fourth-order valence-corrected chi connectivity index (χ4v) is 2.72. The Morgan fingerprint density at radius 3 is 2.74 bits per heavy atom. The first kappa shape index (κ1) is 19.5. The van der Waals surface area contributed by atoms with Crippen LogP contribution in [0.3, 0.4) is 0 Å². The molecule has 4 nitrogen and oxygen atoms in total. The molecule has 130 valence electrons. The van der Waals surface area contributed by atoms with E-state index in [4.69, 9.17) is 0 Å². The van der Waals surface area contributed by atoms with Crippen LogP contribution in [0.4, 0.5) is 13.2 Å². The van der Waals surface area contributed by atoms with Crippen molar-refractivity contribution in [3.63, 3.8) is 0 Å². The number of allylic oxidation sites excluding steroid dienone is 1. The molecule has 23 heavy (non-hydrogen) atoms. The van der Waals surface area contributed by atoms with Crippen LogP contribution in [0.25, 0.3) is 0 Å². The lowest BCUT2D eigenvalue weighted by Gasteiger charge is -2.21. The van der Waals surface area contributed by atoms with Gasteiger partial charge in [-0.1, -0.05) is 12.5 Å². The summed E-state index contributed by atoms with van der Waals surface area (Å²) in [6.45, 7) is 4.76. The summed E-state index contributed by atoms with van der Waals surface area (Å²) in [5.41, 5.74) is -0.843. The summed E-state index contributed by atoms with van der Waals surface area (Å²) in [5, 5.41) is 4.46. The molecule has 0 unspecified atom stereocenters. The van der Waals surface area contributed by atoms with E-state index in [1.165, 1.54) is 0 Å². The van der Waals surface area contributed by atoms with Gasteiger partial charge < -0.3 is 10.2 Å². The van der Waals surface area contributed by atoms with Gasteiger partial charge in [-0.2, -0.15) is 13.2 Å². The Morgan fingerprint density at radius 1 is 1.43 bits per heavy atom. The summed E-state index contributed by atoms with van der Waals surface area (Å²) in [7, 11) is 3.56. The van der Waals surface area contributed by atoms with Crippen LogP contribution < -0.4 is 5.32 Å². The van der Waals surface area contributed by atoms with Crippen molar-refractivity contribution in [1.82, 2.24) is 15.2 Å². The highest BCUT2D eigenvalue weighted by atomic mass is 32.1. The molecule has 1 rings (SSSR count). The van der Waals surface area contributed by atoms with Crippen molar-refractivity contribution in [2.24, 2.45) is 4.99 Å². The average Bonchev–Trinajstić information content (AvgIpc) is 2.96. The molecule has 8 heteroatoms. The van der Waals surface area contributed by atoms with Gasteiger partial charge in [0.05, 0.1) is 6.54 Å². The molecular weight excluding hydrogens is 325 g/mol. The molecule has 1 N–H and O–H groups in total. The van der Waals surface area contributed by atoms with Crippen LogP contribution >= 0.6 is 11.3 Å².